The molecule has 0 spiro atoms. The number of nitrogens with two attached hydrogens (primary N) is 1. The second kappa shape index (κ2) is 9.60. The van der Waals surface area contributed by atoms with E-state index in [0.717, 1.165) is 24.3 Å². The number of guanidine groups is 1. The lowest BCUT2D eigenvalue weighted by molar-refractivity contribution is -0.0436. The highest BCUT2D eigenvalue weighted by Crippen LogP contribution is 2.30. The van der Waals surface area contributed by atoms with Crippen LogP contribution in [-0.2, 0) is 14.6 Å². The van der Waals surface area contributed by atoms with Gasteiger partial charge in [-0.15, -0.1) is 24.0 Å². The van der Waals surface area contributed by atoms with Gasteiger partial charge in [-0.05, 0) is 24.3 Å². The monoisotopic (exact) mass is 509 g/mol. The van der Waals surface area contributed by atoms with E-state index in [0.29, 0.717) is 32.3 Å². The first-order valence-electron chi connectivity index (χ1n) is 7.38. The molecule has 1 saturated heterocycles. The van der Waals surface area contributed by atoms with Gasteiger partial charge in [0.1, 0.15) is 12.4 Å². The van der Waals surface area contributed by atoms with Crippen molar-refractivity contribution in [2.75, 3.05) is 39.5 Å². The van der Waals surface area contributed by atoms with Crippen LogP contribution in [0.4, 0.5) is 13.2 Å². The third-order valence-corrected chi connectivity index (χ3v) is 4.91. The van der Waals surface area contributed by atoms with E-state index in [4.69, 9.17) is 15.2 Å². The molecule has 0 unspecified atom stereocenters. The van der Waals surface area contributed by atoms with Gasteiger partial charge in [-0.25, -0.2) is 13.4 Å². The zero-order chi connectivity index (χ0) is 18.5. The Morgan fingerprint density at radius 3 is 2.35 bits per heavy atom. The van der Waals surface area contributed by atoms with E-state index in [1.165, 1.54) is 0 Å². The van der Waals surface area contributed by atoms with Crippen LogP contribution in [0.2, 0.25) is 0 Å². The number of hydrogen-bond acceptors (Lipinski definition) is 5. The molecule has 0 saturated carbocycles. The minimum absolute atomic E-state index is 0. The van der Waals surface area contributed by atoms with Crippen LogP contribution in [-0.4, -0.2) is 64.2 Å². The fraction of sp³-hybridized carbons (Fsp3) is 0.500. The van der Waals surface area contributed by atoms with Crippen molar-refractivity contribution in [2.45, 2.75) is 10.4 Å². The molecular weight excluding hydrogens is 490 g/mol. The van der Waals surface area contributed by atoms with E-state index >= 15 is 0 Å². The Labute approximate surface area is 166 Å². The number of benzene rings is 1. The quantitative estimate of drug-likeness (QED) is 0.281. The molecule has 1 aliphatic rings. The first-order valence-corrected chi connectivity index (χ1v) is 8.87. The van der Waals surface area contributed by atoms with Crippen LogP contribution in [0.15, 0.2) is 34.2 Å². The van der Waals surface area contributed by atoms with Crippen molar-refractivity contribution < 1.29 is 31.1 Å². The Balaban J connectivity index is 0.00000338. The molecule has 26 heavy (non-hydrogen) atoms. The van der Waals surface area contributed by atoms with Crippen molar-refractivity contribution in [3.63, 3.8) is 0 Å². The van der Waals surface area contributed by atoms with Gasteiger partial charge < -0.3 is 20.1 Å². The van der Waals surface area contributed by atoms with Crippen LogP contribution >= 0.6 is 24.0 Å². The molecule has 0 atom stereocenters. The highest BCUT2D eigenvalue weighted by atomic mass is 127. The summed E-state index contributed by atoms with van der Waals surface area (Å²) in [6.07, 6.45) is 0. The lowest BCUT2D eigenvalue weighted by Crippen LogP contribution is -2.45. The minimum Gasteiger partial charge on any atom is -0.492 e. The lowest BCUT2D eigenvalue weighted by Gasteiger charge is -2.27. The SMILES string of the molecule is I.NC(=NCCOc1ccc(S(=O)(=O)C(F)(F)F)cc1)N1CCOCC1. The predicted octanol–water partition coefficient (Wildman–Crippen LogP) is 1.62. The number of sulfone groups is 1. The van der Waals surface area contributed by atoms with Gasteiger partial charge >= 0.3 is 5.51 Å². The Morgan fingerprint density at radius 1 is 1.23 bits per heavy atom. The van der Waals surface area contributed by atoms with Crippen LogP contribution in [0.1, 0.15) is 0 Å². The van der Waals surface area contributed by atoms with Gasteiger partial charge in [0, 0.05) is 13.1 Å². The van der Waals surface area contributed by atoms with Crippen molar-refractivity contribution >= 4 is 39.8 Å². The second-order valence-electron chi connectivity index (χ2n) is 5.11. The average Bonchev–Trinajstić information content (AvgIpc) is 2.58. The standard InChI is InChI=1S/C14H18F3N3O4S.HI/c15-14(16,17)25(21,22)12-3-1-11(2-4-12)24-8-5-19-13(18)20-6-9-23-10-7-20;/h1-4H,5-10H2,(H2,18,19);1H. The highest BCUT2D eigenvalue weighted by molar-refractivity contribution is 14.0. The Morgan fingerprint density at radius 2 is 1.81 bits per heavy atom. The summed E-state index contributed by atoms with van der Waals surface area (Å²) in [5.74, 6) is 0.611. The molecule has 0 amide bonds. The second-order valence-corrected chi connectivity index (χ2v) is 7.05. The molecule has 148 valence electrons. The number of alkyl halides is 3. The van der Waals surface area contributed by atoms with Gasteiger partial charge in [0.05, 0.1) is 24.7 Å². The first kappa shape index (κ1) is 22.8. The number of nitrogens with zero attached hydrogens (tertiary/aromatic N) is 2. The fourth-order valence-corrected chi connectivity index (χ4v) is 2.83. The van der Waals surface area contributed by atoms with Gasteiger partial charge in [0.2, 0.25) is 0 Å². The van der Waals surface area contributed by atoms with Crippen molar-refractivity contribution in [1.29, 1.82) is 0 Å². The molecule has 1 aromatic carbocycles. The van der Waals surface area contributed by atoms with Gasteiger partial charge in [-0.3, -0.25) is 0 Å². The van der Waals surface area contributed by atoms with E-state index in [2.05, 4.69) is 4.99 Å². The summed E-state index contributed by atoms with van der Waals surface area (Å²) in [5.41, 5.74) is 0.496. The van der Waals surface area contributed by atoms with E-state index in [1.54, 1.807) is 0 Å². The maximum Gasteiger partial charge on any atom is 0.501 e. The number of hydrogen-bond donors (Lipinski definition) is 1. The van der Waals surface area contributed by atoms with Crippen molar-refractivity contribution in [1.82, 2.24) is 4.90 Å². The summed E-state index contributed by atoms with van der Waals surface area (Å²) in [4.78, 5) is 5.19. The smallest absolute Gasteiger partial charge is 0.492 e. The number of aliphatic imine (C=N–C) groups is 1. The molecule has 0 bridgehead atoms. The largest absolute Gasteiger partial charge is 0.501 e. The van der Waals surface area contributed by atoms with Crippen molar-refractivity contribution in [3.8, 4) is 5.75 Å². The van der Waals surface area contributed by atoms with Crippen LogP contribution in [0.25, 0.3) is 0 Å². The molecule has 1 aliphatic heterocycles. The normalized spacial score (nSPS) is 16.1. The molecule has 0 aliphatic carbocycles. The highest BCUT2D eigenvalue weighted by Gasteiger charge is 2.46. The van der Waals surface area contributed by atoms with Gasteiger partial charge in [0.25, 0.3) is 9.84 Å². The van der Waals surface area contributed by atoms with Crippen LogP contribution in [0, 0.1) is 0 Å². The summed E-state index contributed by atoms with van der Waals surface area (Å²) in [6.45, 7) is 2.89. The molecule has 7 nitrogen and oxygen atoms in total. The zero-order valence-electron chi connectivity index (χ0n) is 13.6. The summed E-state index contributed by atoms with van der Waals surface area (Å²) in [6, 6.07) is 4.02. The molecule has 1 heterocycles. The summed E-state index contributed by atoms with van der Waals surface area (Å²) in [7, 11) is -5.35. The number of ether oxygens (including phenoxy) is 2. The zero-order valence-corrected chi connectivity index (χ0v) is 16.8. The average molecular weight is 509 g/mol. The topological polar surface area (TPSA) is 94.2 Å². The maximum atomic E-state index is 12.4. The Hall–Kier alpha value is -1.28. The first-order chi connectivity index (χ1) is 11.7. The van der Waals surface area contributed by atoms with E-state index < -0.39 is 20.2 Å². The molecule has 0 radical (unpaired) electrons. The van der Waals surface area contributed by atoms with Gasteiger partial charge in [0.15, 0.2) is 5.96 Å². The van der Waals surface area contributed by atoms with Crippen molar-refractivity contribution in [3.05, 3.63) is 24.3 Å². The third kappa shape index (κ3) is 5.87. The molecule has 0 aromatic heterocycles. The Bertz CT molecular complexity index is 705. The number of morpholine rings is 1. The van der Waals surface area contributed by atoms with Crippen LogP contribution in [0.5, 0.6) is 5.75 Å². The molecule has 1 aromatic rings. The van der Waals surface area contributed by atoms with E-state index in [1.807, 2.05) is 4.90 Å². The predicted molar refractivity (Wildman–Crippen MR) is 99.5 cm³/mol. The molecule has 2 N–H and O–H groups in total. The third-order valence-electron chi connectivity index (χ3n) is 3.41. The summed E-state index contributed by atoms with van der Waals surface area (Å²) < 4.78 is 70.3. The van der Waals surface area contributed by atoms with Crippen LogP contribution in [0.3, 0.4) is 0 Å². The molecule has 2 rings (SSSR count). The molecule has 12 heteroatoms. The Kier molecular flexibility index (Phi) is 8.40. The van der Waals surface area contributed by atoms with E-state index in [-0.39, 0.29) is 42.9 Å². The van der Waals surface area contributed by atoms with Gasteiger partial charge in [-0.2, -0.15) is 13.2 Å². The summed E-state index contributed by atoms with van der Waals surface area (Å²) >= 11 is 0. The minimum atomic E-state index is -5.35. The van der Waals surface area contributed by atoms with E-state index in [9.17, 15) is 21.6 Å². The number of rotatable bonds is 5. The van der Waals surface area contributed by atoms with Crippen LogP contribution < -0.4 is 10.5 Å². The van der Waals surface area contributed by atoms with Crippen molar-refractivity contribution in [2.24, 2.45) is 10.7 Å². The molecule has 1 fully saturated rings. The fourth-order valence-electron chi connectivity index (χ4n) is 2.06. The lowest BCUT2D eigenvalue weighted by atomic mass is 10.3. The summed E-state index contributed by atoms with van der Waals surface area (Å²) in [5, 5.41) is 0. The number of halogens is 4. The van der Waals surface area contributed by atoms with Gasteiger partial charge in [-0.1, -0.05) is 0 Å². The molecular formula is C14H19F3IN3O4S. The maximum absolute atomic E-state index is 12.4.